The van der Waals surface area contributed by atoms with E-state index in [1.165, 1.54) is 12.8 Å². The summed E-state index contributed by atoms with van der Waals surface area (Å²) in [6.45, 7) is 0.774. The lowest BCUT2D eigenvalue weighted by molar-refractivity contribution is 0.298. The van der Waals surface area contributed by atoms with Crippen LogP contribution >= 0.6 is 0 Å². The third-order valence-electron chi connectivity index (χ3n) is 2.58. The predicted octanol–water partition coefficient (Wildman–Crippen LogP) is 2.25. The summed E-state index contributed by atoms with van der Waals surface area (Å²) in [6, 6.07) is 5.33. The molecule has 1 fully saturated rings. The number of benzene rings is 1. The van der Waals surface area contributed by atoms with E-state index in [0.717, 1.165) is 24.0 Å². The number of phenols is 1. The van der Waals surface area contributed by atoms with Gasteiger partial charge in [-0.25, -0.2) is 0 Å². The maximum Gasteiger partial charge on any atom is 0.125 e. The molecule has 1 aliphatic carbocycles. The Hall–Kier alpha value is -1.38. The summed E-state index contributed by atoms with van der Waals surface area (Å²) in [4.78, 5) is 1.95. The average molecular weight is 207 g/mol. The first kappa shape index (κ1) is 10.1. The molecule has 0 saturated heterocycles. The Bertz CT molecular complexity index is 345. The van der Waals surface area contributed by atoms with E-state index in [1.807, 2.05) is 25.1 Å². The van der Waals surface area contributed by atoms with Crippen molar-refractivity contribution < 1.29 is 9.84 Å². The van der Waals surface area contributed by atoms with Gasteiger partial charge in [0.2, 0.25) is 0 Å². The Morgan fingerprint density at radius 2 is 2.07 bits per heavy atom. The van der Waals surface area contributed by atoms with Crippen molar-refractivity contribution in [2.45, 2.75) is 12.8 Å². The van der Waals surface area contributed by atoms with Crippen LogP contribution in [0.2, 0.25) is 0 Å². The van der Waals surface area contributed by atoms with Crippen LogP contribution in [0.15, 0.2) is 18.2 Å². The quantitative estimate of drug-likeness (QED) is 0.822. The van der Waals surface area contributed by atoms with E-state index in [0.29, 0.717) is 0 Å². The molecule has 15 heavy (non-hydrogen) atoms. The van der Waals surface area contributed by atoms with Gasteiger partial charge in [0, 0.05) is 38.0 Å². The molecule has 0 heterocycles. The van der Waals surface area contributed by atoms with Crippen molar-refractivity contribution in [2.75, 3.05) is 25.6 Å². The maximum absolute atomic E-state index is 9.52. The standard InChI is InChI=1S/C12H17NO2/c1-13(2)10-5-11(14)7-12(6-10)15-8-9-3-4-9/h5-7,9,14H,3-4,8H2,1-2H3. The number of rotatable bonds is 4. The van der Waals surface area contributed by atoms with Crippen molar-refractivity contribution in [3.63, 3.8) is 0 Å². The Balaban J connectivity index is 2.07. The van der Waals surface area contributed by atoms with Gasteiger partial charge in [0.15, 0.2) is 0 Å². The van der Waals surface area contributed by atoms with Gasteiger partial charge in [0.1, 0.15) is 11.5 Å². The van der Waals surface area contributed by atoms with E-state index in [4.69, 9.17) is 4.74 Å². The SMILES string of the molecule is CN(C)c1cc(O)cc(OCC2CC2)c1. The molecule has 82 valence electrons. The van der Waals surface area contributed by atoms with Gasteiger partial charge < -0.3 is 14.7 Å². The number of phenolic OH excluding ortho intramolecular Hbond substituents is 1. The van der Waals surface area contributed by atoms with Crippen LogP contribution in [0, 0.1) is 5.92 Å². The molecule has 3 nitrogen and oxygen atoms in total. The van der Waals surface area contributed by atoms with Gasteiger partial charge in [-0.1, -0.05) is 0 Å². The molecule has 1 saturated carbocycles. The second-order valence-corrected chi connectivity index (χ2v) is 4.33. The molecular formula is C12H17NO2. The first-order valence-corrected chi connectivity index (χ1v) is 5.29. The molecule has 1 N–H and O–H groups in total. The predicted molar refractivity (Wildman–Crippen MR) is 60.7 cm³/mol. The zero-order chi connectivity index (χ0) is 10.8. The first-order chi connectivity index (χ1) is 7.15. The van der Waals surface area contributed by atoms with E-state index >= 15 is 0 Å². The van der Waals surface area contributed by atoms with Crippen LogP contribution in [0.1, 0.15) is 12.8 Å². The lowest BCUT2D eigenvalue weighted by Crippen LogP contribution is -2.09. The van der Waals surface area contributed by atoms with Crippen molar-refractivity contribution in [2.24, 2.45) is 5.92 Å². The normalized spacial score (nSPS) is 15.1. The van der Waals surface area contributed by atoms with Crippen LogP contribution in [0.5, 0.6) is 11.5 Å². The Morgan fingerprint density at radius 3 is 2.67 bits per heavy atom. The highest BCUT2D eigenvalue weighted by atomic mass is 16.5. The van der Waals surface area contributed by atoms with Gasteiger partial charge in [-0.3, -0.25) is 0 Å². The molecular weight excluding hydrogens is 190 g/mol. The van der Waals surface area contributed by atoms with E-state index < -0.39 is 0 Å². The van der Waals surface area contributed by atoms with Crippen molar-refractivity contribution in [1.82, 2.24) is 0 Å². The minimum atomic E-state index is 0.256. The van der Waals surface area contributed by atoms with Gasteiger partial charge in [0.25, 0.3) is 0 Å². The Labute approximate surface area is 90.3 Å². The molecule has 0 bridgehead atoms. The Kier molecular flexibility index (Phi) is 2.71. The summed E-state index contributed by atoms with van der Waals surface area (Å²) in [7, 11) is 3.89. The first-order valence-electron chi connectivity index (χ1n) is 5.29. The van der Waals surface area contributed by atoms with Crippen LogP contribution in [-0.4, -0.2) is 25.8 Å². The van der Waals surface area contributed by atoms with E-state index in [-0.39, 0.29) is 5.75 Å². The van der Waals surface area contributed by atoms with Gasteiger partial charge in [-0.15, -0.1) is 0 Å². The monoisotopic (exact) mass is 207 g/mol. The third kappa shape index (κ3) is 2.78. The molecule has 1 aliphatic rings. The van der Waals surface area contributed by atoms with Gasteiger partial charge in [-0.05, 0) is 18.8 Å². The molecule has 0 aliphatic heterocycles. The highest BCUT2D eigenvalue weighted by Crippen LogP contribution is 2.31. The summed E-state index contributed by atoms with van der Waals surface area (Å²) >= 11 is 0. The highest BCUT2D eigenvalue weighted by Gasteiger charge is 2.22. The molecule has 0 atom stereocenters. The zero-order valence-electron chi connectivity index (χ0n) is 9.23. The van der Waals surface area contributed by atoms with Crippen LogP contribution in [0.3, 0.4) is 0 Å². The topological polar surface area (TPSA) is 32.7 Å². The van der Waals surface area contributed by atoms with Crippen molar-refractivity contribution in [3.8, 4) is 11.5 Å². The second kappa shape index (κ2) is 4.01. The van der Waals surface area contributed by atoms with Gasteiger partial charge in [-0.2, -0.15) is 0 Å². The van der Waals surface area contributed by atoms with Crippen LogP contribution in [0.4, 0.5) is 5.69 Å². The fourth-order valence-corrected chi connectivity index (χ4v) is 1.41. The summed E-state index contributed by atoms with van der Waals surface area (Å²) in [6.07, 6.45) is 2.55. The van der Waals surface area contributed by atoms with E-state index in [2.05, 4.69) is 0 Å². The van der Waals surface area contributed by atoms with Gasteiger partial charge in [0.05, 0.1) is 6.61 Å². The highest BCUT2D eigenvalue weighted by molar-refractivity contribution is 5.54. The summed E-state index contributed by atoms with van der Waals surface area (Å²) in [5.74, 6) is 1.74. The fourth-order valence-electron chi connectivity index (χ4n) is 1.41. The molecule has 0 aromatic heterocycles. The van der Waals surface area contributed by atoms with Crippen molar-refractivity contribution in [1.29, 1.82) is 0 Å². The largest absolute Gasteiger partial charge is 0.508 e. The van der Waals surface area contributed by atoms with Crippen LogP contribution < -0.4 is 9.64 Å². The number of anilines is 1. The molecule has 2 rings (SSSR count). The van der Waals surface area contributed by atoms with E-state index in [9.17, 15) is 5.11 Å². The number of hydrogen-bond acceptors (Lipinski definition) is 3. The average Bonchev–Trinajstić information content (AvgIpc) is 2.97. The zero-order valence-corrected chi connectivity index (χ0v) is 9.23. The summed E-state index contributed by atoms with van der Waals surface area (Å²) < 4.78 is 5.61. The van der Waals surface area contributed by atoms with Crippen LogP contribution in [-0.2, 0) is 0 Å². The van der Waals surface area contributed by atoms with Crippen molar-refractivity contribution in [3.05, 3.63) is 18.2 Å². The maximum atomic E-state index is 9.52. The Morgan fingerprint density at radius 1 is 1.33 bits per heavy atom. The molecule has 0 unspecified atom stereocenters. The lowest BCUT2D eigenvalue weighted by Gasteiger charge is -2.14. The lowest BCUT2D eigenvalue weighted by atomic mass is 10.2. The second-order valence-electron chi connectivity index (χ2n) is 4.33. The van der Waals surface area contributed by atoms with Crippen molar-refractivity contribution >= 4 is 5.69 Å². The minimum absolute atomic E-state index is 0.256. The number of ether oxygens (including phenoxy) is 1. The molecule has 0 amide bonds. The summed E-state index contributed by atoms with van der Waals surface area (Å²) in [5, 5.41) is 9.52. The smallest absolute Gasteiger partial charge is 0.125 e. The fraction of sp³-hybridized carbons (Fsp3) is 0.500. The number of nitrogens with zero attached hydrogens (tertiary/aromatic N) is 1. The molecule has 0 radical (unpaired) electrons. The van der Waals surface area contributed by atoms with E-state index in [1.54, 1.807) is 12.1 Å². The minimum Gasteiger partial charge on any atom is -0.508 e. The molecule has 1 aromatic rings. The van der Waals surface area contributed by atoms with Crippen LogP contribution in [0.25, 0.3) is 0 Å². The molecule has 3 heteroatoms. The molecule has 1 aromatic carbocycles. The summed E-state index contributed by atoms with van der Waals surface area (Å²) in [5.41, 5.74) is 0.959. The molecule has 0 spiro atoms. The van der Waals surface area contributed by atoms with Gasteiger partial charge >= 0.3 is 0 Å². The number of aromatic hydroxyl groups is 1. The third-order valence-corrected chi connectivity index (χ3v) is 2.58. The number of hydrogen-bond donors (Lipinski definition) is 1.